The molecule has 5 aromatic rings. The molecule has 3 aromatic carbocycles. The summed E-state index contributed by atoms with van der Waals surface area (Å²) in [6.07, 6.45) is 6.26. The molecule has 0 spiro atoms. The molecule has 6 rings (SSSR count). The van der Waals surface area contributed by atoms with Crippen molar-refractivity contribution in [1.29, 1.82) is 0 Å². The number of aliphatic imine (C=N–C) groups is 1. The van der Waals surface area contributed by atoms with Crippen molar-refractivity contribution in [2.75, 3.05) is 13.1 Å². The van der Waals surface area contributed by atoms with E-state index in [1.54, 1.807) is 57.8 Å². The number of fused-ring (bicyclic) bond motifs is 1. The van der Waals surface area contributed by atoms with Crippen LogP contribution in [0.15, 0.2) is 110 Å². The minimum Gasteiger partial charge on any atom is -0.422 e. The summed E-state index contributed by atoms with van der Waals surface area (Å²) in [5.41, 5.74) is 2.80. The van der Waals surface area contributed by atoms with Crippen LogP contribution < -0.4 is 5.63 Å². The Morgan fingerprint density at radius 2 is 1.59 bits per heavy atom. The van der Waals surface area contributed by atoms with Gasteiger partial charge in [0.2, 0.25) is 10.0 Å². The Kier molecular flexibility index (Phi) is 6.68. The monoisotopic (exact) mass is 538 g/mol. The number of hydrogen-bond donors (Lipinski definition) is 0. The topological polar surface area (TPSA) is 97.8 Å². The lowest BCUT2D eigenvalue weighted by Gasteiger charge is -2.25. The van der Waals surface area contributed by atoms with Crippen LogP contribution in [0.4, 0.5) is 5.69 Å². The molecule has 1 fully saturated rings. The Hall–Kier alpha value is -4.34. The number of benzene rings is 3. The highest BCUT2D eigenvalue weighted by molar-refractivity contribution is 7.89. The number of nitrogens with zero attached hydrogens (tertiary/aromatic N) is 4. The van der Waals surface area contributed by atoms with E-state index in [4.69, 9.17) is 9.52 Å². The Morgan fingerprint density at radius 1 is 0.872 bits per heavy atom. The summed E-state index contributed by atoms with van der Waals surface area (Å²) in [4.78, 5) is 17.8. The molecule has 0 atom stereocenters. The highest BCUT2D eigenvalue weighted by atomic mass is 32.2. The minimum atomic E-state index is -3.52. The largest absolute Gasteiger partial charge is 0.422 e. The van der Waals surface area contributed by atoms with Crippen molar-refractivity contribution in [3.63, 3.8) is 0 Å². The van der Waals surface area contributed by atoms with Crippen LogP contribution in [0.3, 0.4) is 0 Å². The van der Waals surface area contributed by atoms with Gasteiger partial charge in [-0.25, -0.2) is 17.9 Å². The van der Waals surface area contributed by atoms with Crippen LogP contribution in [-0.2, 0) is 10.0 Å². The lowest BCUT2D eigenvalue weighted by molar-refractivity contribution is 0.346. The summed E-state index contributed by atoms with van der Waals surface area (Å²) >= 11 is 0. The first-order valence-corrected chi connectivity index (χ1v) is 14.3. The molecule has 1 aliphatic heterocycles. The van der Waals surface area contributed by atoms with Gasteiger partial charge in [-0.1, -0.05) is 42.8 Å². The van der Waals surface area contributed by atoms with Gasteiger partial charge < -0.3 is 4.42 Å². The third-order valence-corrected chi connectivity index (χ3v) is 8.71. The SMILES string of the molecule is O=c1oc2ccccc2cc1-c1nn(-c2ccccc2)cc1C=Nc1ccc(S(=O)(=O)N2CCCCC2)cc1. The number of hydrogen-bond acceptors (Lipinski definition) is 6. The van der Waals surface area contributed by atoms with E-state index in [0.717, 1.165) is 30.3 Å². The van der Waals surface area contributed by atoms with Crippen LogP contribution in [0.25, 0.3) is 27.9 Å². The van der Waals surface area contributed by atoms with Gasteiger partial charge in [-0.15, -0.1) is 0 Å². The van der Waals surface area contributed by atoms with Gasteiger partial charge in [-0.05, 0) is 61.4 Å². The molecule has 39 heavy (non-hydrogen) atoms. The van der Waals surface area contributed by atoms with E-state index in [2.05, 4.69) is 4.99 Å². The zero-order chi connectivity index (χ0) is 26.8. The molecule has 0 aliphatic carbocycles. The van der Waals surface area contributed by atoms with Crippen molar-refractivity contribution in [2.24, 2.45) is 4.99 Å². The normalized spacial score (nSPS) is 14.8. The second-order valence-corrected chi connectivity index (χ2v) is 11.4. The molecular weight excluding hydrogens is 512 g/mol. The van der Waals surface area contributed by atoms with Crippen molar-refractivity contribution in [3.8, 4) is 16.9 Å². The Bertz CT molecular complexity index is 1820. The maximum absolute atomic E-state index is 13.0. The quantitative estimate of drug-likeness (QED) is 0.208. The molecule has 0 saturated carbocycles. The average Bonchev–Trinajstić information content (AvgIpc) is 3.41. The van der Waals surface area contributed by atoms with Crippen LogP contribution in [0.5, 0.6) is 0 Å². The molecule has 0 N–H and O–H groups in total. The predicted octanol–water partition coefficient (Wildman–Crippen LogP) is 5.57. The van der Waals surface area contributed by atoms with Crippen molar-refractivity contribution in [3.05, 3.63) is 107 Å². The van der Waals surface area contributed by atoms with E-state index in [9.17, 15) is 13.2 Å². The van der Waals surface area contributed by atoms with Crippen LogP contribution in [0.2, 0.25) is 0 Å². The molecular formula is C30H26N4O4S. The average molecular weight is 539 g/mol. The van der Waals surface area contributed by atoms with E-state index in [1.165, 1.54) is 0 Å². The summed E-state index contributed by atoms with van der Waals surface area (Å²) in [7, 11) is -3.52. The lowest BCUT2D eigenvalue weighted by Crippen LogP contribution is -2.35. The van der Waals surface area contributed by atoms with Gasteiger partial charge in [-0.3, -0.25) is 4.99 Å². The first-order chi connectivity index (χ1) is 19.0. The summed E-state index contributed by atoms with van der Waals surface area (Å²) in [5.74, 6) is 0. The van der Waals surface area contributed by atoms with E-state index in [1.807, 2.05) is 48.5 Å². The zero-order valence-electron chi connectivity index (χ0n) is 21.1. The highest BCUT2D eigenvalue weighted by Crippen LogP contribution is 2.26. The van der Waals surface area contributed by atoms with E-state index in [0.29, 0.717) is 41.2 Å². The van der Waals surface area contributed by atoms with Gasteiger partial charge in [-0.2, -0.15) is 9.40 Å². The van der Waals surface area contributed by atoms with Crippen LogP contribution >= 0.6 is 0 Å². The second kappa shape index (κ2) is 10.4. The van der Waals surface area contributed by atoms with Gasteiger partial charge in [0.05, 0.1) is 21.8 Å². The van der Waals surface area contributed by atoms with Gasteiger partial charge in [0, 0.05) is 36.5 Å². The van der Waals surface area contributed by atoms with E-state index in [-0.39, 0.29) is 4.90 Å². The van der Waals surface area contributed by atoms with Crippen LogP contribution in [0.1, 0.15) is 24.8 Å². The lowest BCUT2D eigenvalue weighted by atomic mass is 10.1. The molecule has 3 heterocycles. The predicted molar refractivity (Wildman–Crippen MR) is 151 cm³/mol. The van der Waals surface area contributed by atoms with Gasteiger partial charge in [0.25, 0.3) is 0 Å². The van der Waals surface area contributed by atoms with Crippen LogP contribution in [0, 0.1) is 0 Å². The van der Waals surface area contributed by atoms with E-state index >= 15 is 0 Å². The van der Waals surface area contributed by atoms with Crippen molar-refractivity contribution >= 4 is 32.9 Å². The number of rotatable bonds is 6. The molecule has 9 heteroatoms. The molecule has 1 aliphatic rings. The standard InChI is InChI=1S/C30H26N4O4S/c35-30-27(19-22-9-5-6-12-28(22)38-30)29-23(21-34(32-29)25-10-3-1-4-11-25)20-31-24-13-15-26(16-14-24)39(36,37)33-17-7-2-8-18-33/h1,3-6,9-16,19-21H,2,7-8,17-18H2. The highest BCUT2D eigenvalue weighted by Gasteiger charge is 2.25. The van der Waals surface area contributed by atoms with Crippen molar-refractivity contribution in [2.45, 2.75) is 24.2 Å². The van der Waals surface area contributed by atoms with Crippen LogP contribution in [-0.4, -0.2) is 41.8 Å². The minimum absolute atomic E-state index is 0.259. The molecule has 2 aromatic heterocycles. The summed E-state index contributed by atoms with van der Waals surface area (Å²) in [5, 5.41) is 5.50. The molecule has 0 unspecified atom stereocenters. The molecule has 196 valence electrons. The van der Waals surface area contributed by atoms with Crippen molar-refractivity contribution < 1.29 is 12.8 Å². The molecule has 0 radical (unpaired) electrons. The Labute approximate surface area is 225 Å². The molecule has 8 nitrogen and oxygen atoms in total. The number of piperidine rings is 1. The number of sulfonamides is 1. The van der Waals surface area contributed by atoms with Gasteiger partial charge >= 0.3 is 5.63 Å². The fraction of sp³-hybridized carbons (Fsp3) is 0.167. The smallest absolute Gasteiger partial charge is 0.345 e. The van der Waals surface area contributed by atoms with Gasteiger partial charge in [0.15, 0.2) is 0 Å². The zero-order valence-corrected chi connectivity index (χ0v) is 21.9. The summed E-state index contributed by atoms with van der Waals surface area (Å²) < 4.78 is 34.8. The Morgan fingerprint density at radius 3 is 2.36 bits per heavy atom. The van der Waals surface area contributed by atoms with Crippen molar-refractivity contribution in [1.82, 2.24) is 14.1 Å². The second-order valence-electron chi connectivity index (χ2n) is 9.42. The molecule has 0 amide bonds. The first-order valence-electron chi connectivity index (χ1n) is 12.8. The fourth-order valence-corrected chi connectivity index (χ4v) is 6.25. The molecule has 1 saturated heterocycles. The third kappa shape index (κ3) is 5.06. The van der Waals surface area contributed by atoms with E-state index < -0.39 is 15.6 Å². The van der Waals surface area contributed by atoms with Gasteiger partial charge in [0.1, 0.15) is 11.3 Å². The number of aromatic nitrogens is 2. The Balaban J connectivity index is 1.36. The maximum atomic E-state index is 13.0. The number of para-hydroxylation sites is 2. The fourth-order valence-electron chi connectivity index (χ4n) is 4.73. The maximum Gasteiger partial charge on any atom is 0.345 e. The first kappa shape index (κ1) is 25.0. The molecule has 0 bridgehead atoms. The summed E-state index contributed by atoms with van der Waals surface area (Å²) in [6, 6.07) is 25.2. The summed E-state index contributed by atoms with van der Waals surface area (Å²) in [6.45, 7) is 1.11. The third-order valence-electron chi connectivity index (χ3n) is 6.80.